The summed E-state index contributed by atoms with van der Waals surface area (Å²) in [5.74, 6) is 0.657. The minimum atomic E-state index is 0.230. The largest absolute Gasteiger partial charge is 0.379 e. The molecule has 100 valence electrons. The van der Waals surface area contributed by atoms with Crippen LogP contribution in [0.25, 0.3) is 0 Å². The van der Waals surface area contributed by atoms with E-state index in [1.54, 1.807) is 0 Å². The first-order valence-corrected chi connectivity index (χ1v) is 6.79. The smallest absolute Gasteiger partial charge is 0.0935 e. The van der Waals surface area contributed by atoms with E-state index in [9.17, 15) is 0 Å². The Labute approximate surface area is 104 Å². The highest BCUT2D eigenvalue weighted by atomic mass is 16.6. The zero-order valence-electron chi connectivity index (χ0n) is 11.1. The maximum absolute atomic E-state index is 6.00. The molecule has 0 aliphatic carbocycles. The highest BCUT2D eigenvalue weighted by Gasteiger charge is 2.27. The molecular formula is C13H25NO3. The molecule has 17 heavy (non-hydrogen) atoms. The SMILES string of the molecule is CC[C@@H]1CCOC[C@H]1OCC1CN(C)CCO1. The highest BCUT2D eigenvalue weighted by molar-refractivity contribution is 4.75. The van der Waals surface area contributed by atoms with Crippen molar-refractivity contribution < 1.29 is 14.2 Å². The van der Waals surface area contributed by atoms with E-state index in [0.29, 0.717) is 12.5 Å². The van der Waals surface area contributed by atoms with E-state index in [1.807, 2.05) is 0 Å². The molecule has 2 rings (SSSR count). The van der Waals surface area contributed by atoms with E-state index >= 15 is 0 Å². The number of rotatable bonds is 4. The summed E-state index contributed by atoms with van der Waals surface area (Å²) in [4.78, 5) is 2.30. The molecule has 1 unspecified atom stereocenters. The number of ether oxygens (including phenoxy) is 3. The van der Waals surface area contributed by atoms with Gasteiger partial charge in [0.1, 0.15) is 0 Å². The van der Waals surface area contributed by atoms with Crippen molar-refractivity contribution in [3.8, 4) is 0 Å². The first-order valence-electron chi connectivity index (χ1n) is 6.79. The molecular weight excluding hydrogens is 218 g/mol. The van der Waals surface area contributed by atoms with Gasteiger partial charge in [-0.25, -0.2) is 0 Å². The summed E-state index contributed by atoms with van der Waals surface area (Å²) in [6.45, 7) is 7.40. The number of morpholine rings is 1. The molecule has 3 atom stereocenters. The average molecular weight is 243 g/mol. The second-order valence-electron chi connectivity index (χ2n) is 5.16. The van der Waals surface area contributed by atoms with Crippen molar-refractivity contribution in [3.05, 3.63) is 0 Å². The van der Waals surface area contributed by atoms with Crippen LogP contribution in [0.5, 0.6) is 0 Å². The van der Waals surface area contributed by atoms with E-state index in [2.05, 4.69) is 18.9 Å². The quantitative estimate of drug-likeness (QED) is 0.741. The van der Waals surface area contributed by atoms with Crippen LogP contribution in [0.2, 0.25) is 0 Å². The molecule has 2 fully saturated rings. The van der Waals surface area contributed by atoms with Gasteiger partial charge in [-0.1, -0.05) is 13.3 Å². The van der Waals surface area contributed by atoms with E-state index in [4.69, 9.17) is 14.2 Å². The van der Waals surface area contributed by atoms with Gasteiger partial charge < -0.3 is 19.1 Å². The summed E-state index contributed by atoms with van der Waals surface area (Å²) >= 11 is 0. The Hall–Kier alpha value is -0.160. The Morgan fingerprint density at radius 1 is 1.35 bits per heavy atom. The van der Waals surface area contributed by atoms with Crippen LogP contribution in [0.1, 0.15) is 19.8 Å². The fourth-order valence-electron chi connectivity index (χ4n) is 2.61. The Morgan fingerprint density at radius 2 is 2.24 bits per heavy atom. The molecule has 0 aromatic heterocycles. The van der Waals surface area contributed by atoms with Gasteiger partial charge in [-0.2, -0.15) is 0 Å². The third-order valence-electron chi connectivity index (χ3n) is 3.80. The third kappa shape index (κ3) is 3.91. The molecule has 2 heterocycles. The van der Waals surface area contributed by atoms with Crippen molar-refractivity contribution in [3.63, 3.8) is 0 Å². The van der Waals surface area contributed by atoms with Crippen molar-refractivity contribution in [1.29, 1.82) is 0 Å². The van der Waals surface area contributed by atoms with Gasteiger partial charge in [0.2, 0.25) is 0 Å². The van der Waals surface area contributed by atoms with Crippen molar-refractivity contribution in [2.75, 3.05) is 46.6 Å². The number of nitrogens with zero attached hydrogens (tertiary/aromatic N) is 1. The molecule has 0 spiro atoms. The minimum Gasteiger partial charge on any atom is -0.379 e. The average Bonchev–Trinajstić information content (AvgIpc) is 2.37. The van der Waals surface area contributed by atoms with Gasteiger partial charge in [0.05, 0.1) is 32.0 Å². The van der Waals surface area contributed by atoms with Crippen LogP contribution in [0.15, 0.2) is 0 Å². The van der Waals surface area contributed by atoms with Gasteiger partial charge in [-0.05, 0) is 19.4 Å². The lowest BCUT2D eigenvalue weighted by Crippen LogP contribution is -2.44. The van der Waals surface area contributed by atoms with Crippen LogP contribution in [-0.2, 0) is 14.2 Å². The predicted molar refractivity (Wildman–Crippen MR) is 66.2 cm³/mol. The maximum atomic E-state index is 6.00. The second kappa shape index (κ2) is 6.69. The predicted octanol–water partition coefficient (Wildman–Crippen LogP) is 1.15. The lowest BCUT2D eigenvalue weighted by molar-refractivity contribution is -0.126. The minimum absolute atomic E-state index is 0.230. The molecule has 2 saturated heterocycles. The summed E-state index contributed by atoms with van der Waals surface area (Å²) in [6, 6.07) is 0. The van der Waals surface area contributed by atoms with Crippen molar-refractivity contribution >= 4 is 0 Å². The van der Waals surface area contributed by atoms with Crippen LogP contribution >= 0.6 is 0 Å². The van der Waals surface area contributed by atoms with Gasteiger partial charge in [0, 0.05) is 19.7 Å². The molecule has 0 aromatic carbocycles. The summed E-state index contributed by atoms with van der Waals surface area (Å²) < 4.78 is 17.2. The van der Waals surface area contributed by atoms with Gasteiger partial charge in [-0.15, -0.1) is 0 Å². The van der Waals surface area contributed by atoms with Crippen molar-refractivity contribution in [2.45, 2.75) is 32.0 Å². The standard InChI is InChI=1S/C13H25NO3/c1-3-11-4-6-15-10-13(11)17-9-12-8-14(2)5-7-16-12/h11-13H,3-10H2,1-2H3/t11-,12?,13-/m1/s1. The van der Waals surface area contributed by atoms with Gasteiger partial charge in [-0.3, -0.25) is 0 Å². The second-order valence-corrected chi connectivity index (χ2v) is 5.16. The fraction of sp³-hybridized carbons (Fsp3) is 1.00. The van der Waals surface area contributed by atoms with Crippen LogP contribution in [-0.4, -0.2) is 63.7 Å². The molecule has 2 aliphatic rings. The van der Waals surface area contributed by atoms with Crippen molar-refractivity contribution in [2.24, 2.45) is 5.92 Å². The summed E-state index contributed by atoms with van der Waals surface area (Å²) in [5, 5.41) is 0. The van der Waals surface area contributed by atoms with E-state index in [1.165, 1.54) is 6.42 Å². The normalized spacial score (nSPS) is 36.0. The molecule has 0 bridgehead atoms. The van der Waals surface area contributed by atoms with Crippen LogP contribution < -0.4 is 0 Å². The molecule has 2 aliphatic heterocycles. The number of likely N-dealkylation sites (N-methyl/N-ethyl adjacent to an activating group) is 1. The van der Waals surface area contributed by atoms with E-state index in [0.717, 1.165) is 39.3 Å². The summed E-state index contributed by atoms with van der Waals surface area (Å²) in [6.07, 6.45) is 2.81. The Kier molecular flexibility index (Phi) is 5.22. The first-order chi connectivity index (χ1) is 8.29. The monoisotopic (exact) mass is 243 g/mol. The fourth-order valence-corrected chi connectivity index (χ4v) is 2.61. The van der Waals surface area contributed by atoms with Crippen LogP contribution in [0.4, 0.5) is 0 Å². The zero-order valence-corrected chi connectivity index (χ0v) is 11.1. The van der Waals surface area contributed by atoms with Gasteiger partial charge >= 0.3 is 0 Å². The molecule has 0 amide bonds. The summed E-state index contributed by atoms with van der Waals surface area (Å²) in [5.41, 5.74) is 0. The molecule has 0 N–H and O–H groups in total. The summed E-state index contributed by atoms with van der Waals surface area (Å²) in [7, 11) is 2.13. The van der Waals surface area contributed by atoms with Crippen LogP contribution in [0.3, 0.4) is 0 Å². The van der Waals surface area contributed by atoms with E-state index < -0.39 is 0 Å². The van der Waals surface area contributed by atoms with Gasteiger partial charge in [0.15, 0.2) is 0 Å². The van der Waals surface area contributed by atoms with Crippen LogP contribution in [0, 0.1) is 5.92 Å². The molecule has 4 heteroatoms. The Morgan fingerprint density at radius 3 is 3.00 bits per heavy atom. The molecule has 0 aromatic rings. The van der Waals surface area contributed by atoms with E-state index in [-0.39, 0.29) is 12.2 Å². The topological polar surface area (TPSA) is 30.9 Å². The van der Waals surface area contributed by atoms with Crippen molar-refractivity contribution in [1.82, 2.24) is 4.90 Å². The Bertz CT molecular complexity index is 225. The molecule has 4 nitrogen and oxygen atoms in total. The lowest BCUT2D eigenvalue weighted by Gasteiger charge is -2.34. The Balaban J connectivity index is 1.72. The number of hydrogen-bond acceptors (Lipinski definition) is 4. The first kappa shape index (κ1) is 13.3. The highest BCUT2D eigenvalue weighted by Crippen LogP contribution is 2.22. The molecule has 0 saturated carbocycles. The zero-order chi connectivity index (χ0) is 12.1. The number of hydrogen-bond donors (Lipinski definition) is 0. The maximum Gasteiger partial charge on any atom is 0.0935 e. The molecule has 0 radical (unpaired) electrons. The van der Waals surface area contributed by atoms with Gasteiger partial charge in [0.25, 0.3) is 0 Å². The lowest BCUT2D eigenvalue weighted by atomic mass is 9.94. The third-order valence-corrected chi connectivity index (χ3v) is 3.80.